The van der Waals surface area contributed by atoms with Crippen molar-refractivity contribution in [2.75, 3.05) is 19.5 Å². The molecule has 0 heterocycles. The lowest BCUT2D eigenvalue weighted by Gasteiger charge is -2.06. The lowest BCUT2D eigenvalue weighted by atomic mass is 9.95. The molecule has 3 heteroatoms. The van der Waals surface area contributed by atoms with E-state index in [9.17, 15) is 0 Å². The van der Waals surface area contributed by atoms with E-state index in [1.54, 1.807) is 7.11 Å². The first-order chi connectivity index (χ1) is 5.27. The van der Waals surface area contributed by atoms with Crippen molar-refractivity contribution in [2.24, 2.45) is 0 Å². The molecule has 0 aromatic heterocycles. The van der Waals surface area contributed by atoms with E-state index in [0.29, 0.717) is 11.2 Å². The monoisotopic (exact) mass is 147 g/mol. The maximum absolute atomic E-state index is 5.60. The highest BCUT2D eigenvalue weighted by atomic mass is 16.5. The van der Waals surface area contributed by atoms with E-state index >= 15 is 0 Å². The Morgan fingerprint density at radius 2 is 2.18 bits per heavy atom. The Labute approximate surface area is 68.0 Å². The SMILES string of the molecule is [B]c1ccc(NC)cc1OC. The molecule has 0 aliphatic heterocycles. The zero-order chi connectivity index (χ0) is 8.27. The molecule has 1 aromatic rings. The van der Waals surface area contributed by atoms with Gasteiger partial charge in [0.05, 0.1) is 7.11 Å². The minimum atomic E-state index is 0.659. The van der Waals surface area contributed by atoms with Crippen molar-refractivity contribution in [2.45, 2.75) is 0 Å². The van der Waals surface area contributed by atoms with Gasteiger partial charge in [-0.15, -0.1) is 0 Å². The van der Waals surface area contributed by atoms with Gasteiger partial charge < -0.3 is 10.1 Å². The van der Waals surface area contributed by atoms with Crippen LogP contribution in [-0.4, -0.2) is 22.0 Å². The molecule has 0 aliphatic rings. The maximum atomic E-state index is 5.60. The van der Waals surface area contributed by atoms with Crippen molar-refractivity contribution in [3.63, 3.8) is 0 Å². The molecule has 0 amide bonds. The molecule has 0 bridgehead atoms. The van der Waals surface area contributed by atoms with Gasteiger partial charge in [-0.3, -0.25) is 0 Å². The lowest BCUT2D eigenvalue weighted by molar-refractivity contribution is 0.418. The zero-order valence-corrected chi connectivity index (χ0v) is 6.72. The summed E-state index contributed by atoms with van der Waals surface area (Å²) < 4.78 is 5.02. The third-order valence-corrected chi connectivity index (χ3v) is 1.52. The van der Waals surface area contributed by atoms with Gasteiger partial charge in [-0.05, 0) is 6.07 Å². The lowest BCUT2D eigenvalue weighted by Crippen LogP contribution is -2.07. The van der Waals surface area contributed by atoms with Gasteiger partial charge in [-0.2, -0.15) is 0 Å². The molecule has 0 saturated carbocycles. The van der Waals surface area contributed by atoms with Crippen LogP contribution in [0.4, 0.5) is 5.69 Å². The van der Waals surface area contributed by atoms with Gasteiger partial charge in [-0.25, -0.2) is 0 Å². The highest BCUT2D eigenvalue weighted by molar-refractivity contribution is 6.34. The number of benzene rings is 1. The van der Waals surface area contributed by atoms with Crippen molar-refractivity contribution in [3.05, 3.63) is 18.2 Å². The van der Waals surface area contributed by atoms with Gasteiger partial charge in [0.25, 0.3) is 0 Å². The summed E-state index contributed by atoms with van der Waals surface area (Å²) in [5.74, 6) is 0.705. The molecule has 1 N–H and O–H groups in total. The summed E-state index contributed by atoms with van der Waals surface area (Å²) in [4.78, 5) is 0. The summed E-state index contributed by atoms with van der Waals surface area (Å²) in [7, 11) is 9.06. The van der Waals surface area contributed by atoms with E-state index in [4.69, 9.17) is 12.6 Å². The number of anilines is 1. The fourth-order valence-electron chi connectivity index (χ4n) is 0.867. The molecule has 0 unspecified atom stereocenters. The first-order valence-electron chi connectivity index (χ1n) is 3.39. The molecule has 11 heavy (non-hydrogen) atoms. The fraction of sp³-hybridized carbons (Fsp3) is 0.250. The molecule has 0 spiro atoms. The third kappa shape index (κ3) is 1.67. The standard InChI is InChI=1S/C8H10BNO/c1-10-6-3-4-7(9)8(5-6)11-2/h3-5,10H,1-2H3. The quantitative estimate of drug-likeness (QED) is 0.616. The summed E-state index contributed by atoms with van der Waals surface area (Å²) in [6.45, 7) is 0. The van der Waals surface area contributed by atoms with Crippen LogP contribution in [0.1, 0.15) is 0 Å². The Kier molecular flexibility index (Phi) is 2.42. The molecule has 56 valence electrons. The van der Waals surface area contributed by atoms with E-state index in [0.717, 1.165) is 5.69 Å². The minimum absolute atomic E-state index is 0.659. The molecule has 0 saturated heterocycles. The van der Waals surface area contributed by atoms with Crippen LogP contribution < -0.4 is 15.5 Å². The number of nitrogens with one attached hydrogen (secondary N) is 1. The average Bonchev–Trinajstić information content (AvgIpc) is 2.05. The second kappa shape index (κ2) is 3.33. The largest absolute Gasteiger partial charge is 0.497 e. The molecule has 1 aromatic carbocycles. The van der Waals surface area contributed by atoms with E-state index in [1.807, 2.05) is 25.2 Å². The van der Waals surface area contributed by atoms with Crippen LogP contribution in [0.15, 0.2) is 18.2 Å². The number of methoxy groups -OCH3 is 1. The van der Waals surface area contributed by atoms with Gasteiger partial charge in [0.1, 0.15) is 13.6 Å². The Bertz CT molecular complexity index is 250. The first-order valence-corrected chi connectivity index (χ1v) is 3.39. The summed E-state index contributed by atoms with van der Waals surface area (Å²) in [6.07, 6.45) is 0. The summed E-state index contributed by atoms with van der Waals surface area (Å²) >= 11 is 0. The fourth-order valence-corrected chi connectivity index (χ4v) is 0.867. The van der Waals surface area contributed by atoms with Crippen molar-refractivity contribution in [1.29, 1.82) is 0 Å². The highest BCUT2D eigenvalue weighted by Gasteiger charge is 1.96. The summed E-state index contributed by atoms with van der Waals surface area (Å²) in [5.41, 5.74) is 1.66. The van der Waals surface area contributed by atoms with Crippen LogP contribution in [-0.2, 0) is 0 Å². The predicted molar refractivity (Wildman–Crippen MR) is 47.9 cm³/mol. The smallest absolute Gasteiger partial charge is 0.119 e. The Balaban J connectivity index is 3.02. The molecular formula is C8H10BNO. The van der Waals surface area contributed by atoms with E-state index in [1.165, 1.54) is 0 Å². The van der Waals surface area contributed by atoms with Crippen LogP contribution in [0.3, 0.4) is 0 Å². The highest BCUT2D eigenvalue weighted by Crippen LogP contribution is 2.12. The molecule has 0 atom stereocenters. The number of rotatable bonds is 2. The van der Waals surface area contributed by atoms with Crippen molar-refractivity contribution >= 4 is 19.0 Å². The minimum Gasteiger partial charge on any atom is -0.497 e. The van der Waals surface area contributed by atoms with Gasteiger partial charge >= 0.3 is 0 Å². The maximum Gasteiger partial charge on any atom is 0.119 e. The predicted octanol–water partition coefficient (Wildman–Crippen LogP) is 0.531. The van der Waals surface area contributed by atoms with Crippen molar-refractivity contribution in [3.8, 4) is 5.75 Å². The molecule has 0 fully saturated rings. The van der Waals surface area contributed by atoms with Crippen LogP contribution in [0.2, 0.25) is 0 Å². The molecule has 1 rings (SSSR count). The van der Waals surface area contributed by atoms with E-state index in [-0.39, 0.29) is 0 Å². The van der Waals surface area contributed by atoms with Crippen LogP contribution >= 0.6 is 0 Å². The second-order valence-electron chi connectivity index (χ2n) is 2.21. The normalized spacial score (nSPS) is 9.27. The van der Waals surface area contributed by atoms with Gasteiger partial charge in [-0.1, -0.05) is 11.5 Å². The zero-order valence-electron chi connectivity index (χ0n) is 6.72. The topological polar surface area (TPSA) is 21.3 Å². The molecular weight excluding hydrogens is 137 g/mol. The molecule has 0 aliphatic carbocycles. The number of hydrogen-bond acceptors (Lipinski definition) is 2. The molecule has 2 nitrogen and oxygen atoms in total. The van der Waals surface area contributed by atoms with Crippen molar-refractivity contribution in [1.82, 2.24) is 0 Å². The first kappa shape index (κ1) is 7.99. The Morgan fingerprint density at radius 1 is 1.45 bits per heavy atom. The summed E-state index contributed by atoms with van der Waals surface area (Å²) in [6, 6.07) is 5.57. The second-order valence-corrected chi connectivity index (χ2v) is 2.21. The van der Waals surface area contributed by atoms with Crippen LogP contribution in [0.25, 0.3) is 0 Å². The number of ether oxygens (including phenoxy) is 1. The average molecular weight is 147 g/mol. The Morgan fingerprint density at radius 3 is 2.73 bits per heavy atom. The summed E-state index contributed by atoms with van der Waals surface area (Å²) in [5, 5.41) is 2.99. The Hall–Kier alpha value is -1.12. The van der Waals surface area contributed by atoms with Crippen molar-refractivity contribution < 1.29 is 4.74 Å². The third-order valence-electron chi connectivity index (χ3n) is 1.52. The van der Waals surface area contributed by atoms with Crippen LogP contribution in [0, 0.1) is 0 Å². The number of hydrogen-bond donors (Lipinski definition) is 1. The molecule has 2 radical (unpaired) electrons. The van der Waals surface area contributed by atoms with E-state index in [2.05, 4.69) is 5.32 Å². The van der Waals surface area contributed by atoms with Crippen LogP contribution in [0.5, 0.6) is 5.75 Å². The van der Waals surface area contributed by atoms with Gasteiger partial charge in [0, 0.05) is 18.8 Å². The van der Waals surface area contributed by atoms with E-state index < -0.39 is 0 Å². The van der Waals surface area contributed by atoms with Gasteiger partial charge in [0.2, 0.25) is 0 Å². The van der Waals surface area contributed by atoms with Gasteiger partial charge in [0.15, 0.2) is 0 Å².